The van der Waals surface area contributed by atoms with Gasteiger partial charge in [-0.05, 0) is 50.6 Å². The number of ether oxygens (including phenoxy) is 2. The fourth-order valence-electron chi connectivity index (χ4n) is 3.43. The number of esters is 1. The van der Waals surface area contributed by atoms with Crippen LogP contribution < -0.4 is 26.4 Å². The number of nitrogens with two attached hydrogens (primary N) is 2. The number of hydrogen-bond acceptors (Lipinski definition) is 11. The number of para-hydroxylation sites is 1. The van der Waals surface area contributed by atoms with Crippen LogP contribution in [0.3, 0.4) is 0 Å². The van der Waals surface area contributed by atoms with Gasteiger partial charge in [-0.3, -0.25) is 15.3 Å². The molecule has 0 bridgehead atoms. The van der Waals surface area contributed by atoms with E-state index in [0.717, 1.165) is 25.0 Å². The fraction of sp³-hybridized carbons (Fsp3) is 0.357. The molecule has 0 amide bonds. The molecule has 40 heavy (non-hydrogen) atoms. The van der Waals surface area contributed by atoms with Crippen LogP contribution in [0.15, 0.2) is 65.7 Å². The maximum absolute atomic E-state index is 11.0. The molecule has 1 aliphatic carbocycles. The quantitative estimate of drug-likeness (QED) is 0.0862. The first kappa shape index (κ1) is 30.7. The second-order valence-corrected chi connectivity index (χ2v) is 10.1. The molecule has 1 aromatic heterocycles. The van der Waals surface area contributed by atoms with Crippen molar-refractivity contribution in [2.24, 2.45) is 10.5 Å². The normalized spacial score (nSPS) is 12.8. The van der Waals surface area contributed by atoms with E-state index >= 15 is 0 Å². The molecule has 3 aromatic rings. The van der Waals surface area contributed by atoms with Crippen molar-refractivity contribution in [3.63, 3.8) is 0 Å². The minimum absolute atomic E-state index is 0.119. The molecular formula is C28H38N7O4P. The Morgan fingerprint density at radius 1 is 1.10 bits per heavy atom. The number of benzene rings is 2. The summed E-state index contributed by atoms with van der Waals surface area (Å²) in [5.74, 6) is 1.92. The van der Waals surface area contributed by atoms with E-state index in [9.17, 15) is 4.79 Å². The van der Waals surface area contributed by atoms with E-state index < -0.39 is 8.30 Å². The lowest BCUT2D eigenvalue weighted by Crippen LogP contribution is -2.14. The third-order valence-electron chi connectivity index (χ3n) is 5.47. The zero-order valence-corrected chi connectivity index (χ0v) is 23.7. The van der Waals surface area contributed by atoms with Gasteiger partial charge in [0.2, 0.25) is 5.95 Å². The Hall–Kier alpha value is -3.79. The van der Waals surface area contributed by atoms with Crippen molar-refractivity contribution < 1.29 is 18.8 Å². The van der Waals surface area contributed by atoms with Crippen LogP contribution >= 0.6 is 8.30 Å². The first-order valence-electron chi connectivity index (χ1n) is 13.2. The van der Waals surface area contributed by atoms with Crippen molar-refractivity contribution >= 4 is 44.3 Å². The van der Waals surface area contributed by atoms with Gasteiger partial charge >= 0.3 is 5.97 Å². The SMILES string of the molecule is C=Nc1c(NCCOCP(N)Oc2ccccc2)nc(N)nc1NC1CC1.CCOC(=O)CCc1ccccc1. The Morgan fingerprint density at radius 3 is 2.42 bits per heavy atom. The lowest BCUT2D eigenvalue weighted by molar-refractivity contribution is -0.143. The predicted molar refractivity (Wildman–Crippen MR) is 161 cm³/mol. The van der Waals surface area contributed by atoms with Gasteiger partial charge in [-0.1, -0.05) is 48.5 Å². The highest BCUT2D eigenvalue weighted by Crippen LogP contribution is 2.34. The van der Waals surface area contributed by atoms with Crippen molar-refractivity contribution in [1.82, 2.24) is 9.97 Å². The van der Waals surface area contributed by atoms with E-state index in [1.165, 1.54) is 5.56 Å². The van der Waals surface area contributed by atoms with Gasteiger partial charge in [0.25, 0.3) is 0 Å². The van der Waals surface area contributed by atoms with E-state index in [2.05, 4.69) is 32.3 Å². The monoisotopic (exact) mass is 567 g/mol. The molecule has 1 heterocycles. The number of aromatic nitrogens is 2. The number of nitrogens with zero attached hydrogens (tertiary/aromatic N) is 3. The fourth-order valence-corrected chi connectivity index (χ4v) is 4.18. The lowest BCUT2D eigenvalue weighted by Gasteiger charge is -2.15. The first-order chi connectivity index (χ1) is 19.5. The van der Waals surface area contributed by atoms with Gasteiger partial charge in [0.15, 0.2) is 19.9 Å². The highest BCUT2D eigenvalue weighted by Gasteiger charge is 2.24. The number of nitrogen functional groups attached to an aromatic ring is 1. The summed E-state index contributed by atoms with van der Waals surface area (Å²) >= 11 is 0. The Morgan fingerprint density at radius 2 is 1.77 bits per heavy atom. The molecule has 214 valence electrons. The molecular weight excluding hydrogens is 529 g/mol. The zero-order chi connectivity index (χ0) is 28.6. The number of hydrogen-bond donors (Lipinski definition) is 4. The Kier molecular flexibility index (Phi) is 13.1. The third-order valence-corrected chi connectivity index (χ3v) is 6.35. The first-order valence-corrected chi connectivity index (χ1v) is 14.7. The Bertz CT molecular complexity index is 1180. The smallest absolute Gasteiger partial charge is 0.306 e. The van der Waals surface area contributed by atoms with Crippen molar-refractivity contribution in [2.75, 3.05) is 42.5 Å². The highest BCUT2D eigenvalue weighted by molar-refractivity contribution is 7.50. The average Bonchev–Trinajstić information content (AvgIpc) is 3.77. The highest BCUT2D eigenvalue weighted by atomic mass is 31.2. The van der Waals surface area contributed by atoms with Crippen molar-refractivity contribution in [3.05, 3.63) is 66.2 Å². The number of nitrogens with one attached hydrogen (secondary N) is 2. The van der Waals surface area contributed by atoms with Gasteiger partial charge in [-0.25, -0.2) is 0 Å². The topological polar surface area (TPSA) is 159 Å². The summed E-state index contributed by atoms with van der Waals surface area (Å²) in [6.45, 7) is 6.83. The maximum atomic E-state index is 11.0. The summed E-state index contributed by atoms with van der Waals surface area (Å²) in [5.41, 5.74) is 13.5. The van der Waals surface area contributed by atoms with Gasteiger partial charge in [0, 0.05) is 19.0 Å². The number of carbonyl (C=O) groups excluding carboxylic acids is 1. The number of aliphatic imine (C=N–C) groups is 1. The molecule has 1 fully saturated rings. The van der Waals surface area contributed by atoms with Crippen LogP contribution in [0.2, 0.25) is 0 Å². The van der Waals surface area contributed by atoms with Gasteiger partial charge < -0.3 is 30.4 Å². The molecule has 1 unspecified atom stereocenters. The summed E-state index contributed by atoms with van der Waals surface area (Å²) in [5, 5.41) is 6.45. The van der Waals surface area contributed by atoms with Crippen LogP contribution in [0.5, 0.6) is 5.75 Å². The summed E-state index contributed by atoms with van der Waals surface area (Å²) in [6, 6.07) is 19.8. The van der Waals surface area contributed by atoms with Gasteiger partial charge in [0.05, 0.1) is 13.2 Å². The summed E-state index contributed by atoms with van der Waals surface area (Å²) in [7, 11) is -1.18. The molecule has 11 nitrogen and oxygen atoms in total. The number of aryl methyl sites for hydroxylation is 1. The molecule has 1 saturated carbocycles. The Labute approximate surface area is 236 Å². The lowest BCUT2D eigenvalue weighted by atomic mass is 10.1. The van der Waals surface area contributed by atoms with E-state index in [0.29, 0.717) is 55.9 Å². The second kappa shape index (κ2) is 17.0. The Balaban J connectivity index is 0.000000285. The predicted octanol–water partition coefficient (Wildman–Crippen LogP) is 4.88. The van der Waals surface area contributed by atoms with E-state index in [-0.39, 0.29) is 11.9 Å². The van der Waals surface area contributed by atoms with Crippen LogP contribution in [-0.2, 0) is 20.7 Å². The number of carbonyl (C=O) groups is 1. The third kappa shape index (κ3) is 11.5. The van der Waals surface area contributed by atoms with Crippen LogP contribution in [-0.4, -0.2) is 54.8 Å². The summed E-state index contributed by atoms with van der Waals surface area (Å²) in [4.78, 5) is 23.4. The van der Waals surface area contributed by atoms with Gasteiger partial charge in [-0.15, -0.1) is 0 Å². The summed E-state index contributed by atoms with van der Waals surface area (Å²) in [6.07, 6.45) is 3.80. The summed E-state index contributed by atoms with van der Waals surface area (Å²) < 4.78 is 16.0. The molecule has 0 saturated heterocycles. The maximum Gasteiger partial charge on any atom is 0.306 e. The van der Waals surface area contributed by atoms with Crippen molar-refractivity contribution in [3.8, 4) is 5.75 Å². The zero-order valence-electron chi connectivity index (χ0n) is 22.8. The molecule has 0 radical (unpaired) electrons. The average molecular weight is 568 g/mol. The number of anilines is 3. The van der Waals surface area contributed by atoms with E-state index in [4.69, 9.17) is 25.2 Å². The molecule has 4 rings (SSSR count). The standard InChI is InChI=1S/C17H24N7O2P.C11H14O2/c1-20-14-15(23-17(18)24-16(14)22-12-7-8-12)21-9-10-25-11-27(19)26-13-5-3-2-4-6-13;1-2-13-11(12)9-8-10-6-4-3-5-7-10/h2-6,12H,1,7-11,19H2,(H4,18,21,22,23,24);3-7H,2,8-9H2,1H3. The number of rotatable bonds is 15. The van der Waals surface area contributed by atoms with E-state index in [1.54, 1.807) is 0 Å². The van der Waals surface area contributed by atoms with Gasteiger partial charge in [-0.2, -0.15) is 9.97 Å². The molecule has 0 aliphatic heterocycles. The van der Waals surface area contributed by atoms with Crippen molar-refractivity contribution in [2.45, 2.75) is 38.6 Å². The molecule has 1 aliphatic rings. The van der Waals surface area contributed by atoms with Crippen molar-refractivity contribution in [1.29, 1.82) is 0 Å². The van der Waals surface area contributed by atoms with Gasteiger partial charge in [0.1, 0.15) is 17.8 Å². The largest absolute Gasteiger partial charge is 0.466 e. The minimum Gasteiger partial charge on any atom is -0.466 e. The molecule has 1 atom stereocenters. The molecule has 2 aromatic carbocycles. The minimum atomic E-state index is -1.18. The molecule has 6 N–H and O–H groups in total. The van der Waals surface area contributed by atoms with Crippen LogP contribution in [0, 0.1) is 0 Å². The van der Waals surface area contributed by atoms with Crippen LogP contribution in [0.25, 0.3) is 0 Å². The van der Waals surface area contributed by atoms with Crippen LogP contribution in [0.4, 0.5) is 23.3 Å². The van der Waals surface area contributed by atoms with Crippen LogP contribution in [0.1, 0.15) is 31.7 Å². The molecule has 12 heteroatoms. The second-order valence-electron chi connectivity index (χ2n) is 8.78. The van der Waals surface area contributed by atoms with E-state index in [1.807, 2.05) is 67.6 Å². The molecule has 0 spiro atoms.